The molecule has 0 aliphatic heterocycles. The van der Waals surface area contributed by atoms with Gasteiger partial charge >= 0.3 is 0 Å². The van der Waals surface area contributed by atoms with Crippen LogP contribution in [0.5, 0.6) is 0 Å². The minimum absolute atomic E-state index is 0.637. The van der Waals surface area contributed by atoms with Gasteiger partial charge in [-0.05, 0) is 28.8 Å². The highest BCUT2D eigenvalue weighted by atomic mass is 35.5. The fourth-order valence-corrected chi connectivity index (χ4v) is 2.01. The monoisotopic (exact) mass is 242 g/mol. The summed E-state index contributed by atoms with van der Waals surface area (Å²) in [5.74, 6) is 0. The van der Waals surface area contributed by atoms with Crippen molar-refractivity contribution < 1.29 is 4.79 Å². The molecule has 17 heavy (non-hydrogen) atoms. The van der Waals surface area contributed by atoms with Gasteiger partial charge in [0.25, 0.3) is 0 Å². The van der Waals surface area contributed by atoms with Gasteiger partial charge < -0.3 is 0 Å². The Bertz CT molecular complexity index is 573. The molecule has 0 aromatic heterocycles. The second-order valence-electron chi connectivity index (χ2n) is 3.64. The first-order valence-corrected chi connectivity index (χ1v) is 5.60. The highest BCUT2D eigenvalue weighted by molar-refractivity contribution is 6.30. The van der Waals surface area contributed by atoms with Crippen LogP contribution in [0.25, 0.3) is 17.2 Å². The van der Waals surface area contributed by atoms with Crippen molar-refractivity contribution in [3.8, 4) is 11.1 Å². The molecule has 0 unspecified atom stereocenters. The van der Waals surface area contributed by atoms with Gasteiger partial charge in [0.2, 0.25) is 0 Å². The average Bonchev–Trinajstić information content (AvgIpc) is 2.37. The van der Waals surface area contributed by atoms with E-state index in [1.54, 1.807) is 12.1 Å². The molecular formula is C15H11ClO. The van der Waals surface area contributed by atoms with Gasteiger partial charge in [0.15, 0.2) is 6.29 Å². The van der Waals surface area contributed by atoms with Crippen molar-refractivity contribution in [1.29, 1.82) is 0 Å². The van der Waals surface area contributed by atoms with Gasteiger partial charge in [0, 0.05) is 10.6 Å². The molecule has 0 N–H and O–H groups in total. The molecule has 0 amide bonds. The smallest absolute Gasteiger partial charge is 0.150 e. The number of hydrogen-bond donors (Lipinski definition) is 0. The maximum Gasteiger partial charge on any atom is 0.150 e. The molecule has 2 aromatic carbocycles. The highest BCUT2D eigenvalue weighted by Crippen LogP contribution is 2.28. The zero-order chi connectivity index (χ0) is 12.3. The Hall–Kier alpha value is -1.86. The van der Waals surface area contributed by atoms with E-state index < -0.39 is 0 Å². The summed E-state index contributed by atoms with van der Waals surface area (Å²) in [7, 11) is 0. The van der Waals surface area contributed by atoms with Crippen LogP contribution in [0.15, 0.2) is 49.0 Å². The van der Waals surface area contributed by atoms with E-state index >= 15 is 0 Å². The number of hydrogen-bond acceptors (Lipinski definition) is 1. The van der Waals surface area contributed by atoms with Crippen molar-refractivity contribution in [3.05, 3.63) is 65.2 Å². The van der Waals surface area contributed by atoms with Crippen molar-refractivity contribution >= 4 is 24.0 Å². The molecule has 0 heterocycles. The van der Waals surface area contributed by atoms with Crippen molar-refractivity contribution in [2.45, 2.75) is 0 Å². The lowest BCUT2D eigenvalue weighted by atomic mass is 9.96. The van der Waals surface area contributed by atoms with Gasteiger partial charge in [-0.3, -0.25) is 4.79 Å². The van der Waals surface area contributed by atoms with E-state index in [9.17, 15) is 4.79 Å². The molecule has 0 saturated carbocycles. The Kier molecular flexibility index (Phi) is 3.40. The molecule has 0 atom stereocenters. The zero-order valence-electron chi connectivity index (χ0n) is 9.19. The van der Waals surface area contributed by atoms with Crippen molar-refractivity contribution in [3.63, 3.8) is 0 Å². The predicted octanol–water partition coefficient (Wildman–Crippen LogP) is 4.46. The van der Waals surface area contributed by atoms with Crippen molar-refractivity contribution in [1.82, 2.24) is 0 Å². The summed E-state index contributed by atoms with van der Waals surface area (Å²) in [4.78, 5) is 11.0. The van der Waals surface area contributed by atoms with Gasteiger partial charge in [-0.2, -0.15) is 0 Å². The van der Waals surface area contributed by atoms with Crippen LogP contribution in [-0.2, 0) is 0 Å². The quantitative estimate of drug-likeness (QED) is 0.726. The topological polar surface area (TPSA) is 17.1 Å². The number of aldehydes is 1. The van der Waals surface area contributed by atoms with Crippen LogP contribution < -0.4 is 0 Å². The average molecular weight is 243 g/mol. The molecule has 0 fully saturated rings. The lowest BCUT2D eigenvalue weighted by Gasteiger charge is -2.08. The second-order valence-corrected chi connectivity index (χ2v) is 4.08. The number of carbonyl (C=O) groups excluding carboxylic acids is 1. The summed E-state index contributed by atoms with van der Waals surface area (Å²) in [6, 6.07) is 13.1. The Morgan fingerprint density at radius 2 is 1.88 bits per heavy atom. The van der Waals surface area contributed by atoms with E-state index in [0.717, 1.165) is 23.0 Å². The van der Waals surface area contributed by atoms with E-state index in [0.29, 0.717) is 10.6 Å². The molecule has 0 saturated heterocycles. The Labute approximate surface area is 105 Å². The summed E-state index contributed by atoms with van der Waals surface area (Å²) in [6.45, 7) is 3.76. The van der Waals surface area contributed by atoms with E-state index in [1.807, 2.05) is 36.4 Å². The third-order valence-corrected chi connectivity index (χ3v) is 2.84. The SMILES string of the molecule is C=Cc1c(C=O)cccc1-c1cccc(Cl)c1. The largest absolute Gasteiger partial charge is 0.298 e. The third kappa shape index (κ3) is 2.29. The van der Waals surface area contributed by atoms with Crippen LogP contribution in [0.2, 0.25) is 5.02 Å². The van der Waals surface area contributed by atoms with E-state index in [1.165, 1.54) is 0 Å². The minimum Gasteiger partial charge on any atom is -0.298 e. The maximum atomic E-state index is 11.0. The molecule has 0 spiro atoms. The summed E-state index contributed by atoms with van der Waals surface area (Å²) in [6.07, 6.45) is 2.53. The van der Waals surface area contributed by atoms with E-state index in [-0.39, 0.29) is 0 Å². The standard InChI is InChI=1S/C15H11ClO/c1-2-14-12(10-17)6-4-8-15(14)11-5-3-7-13(16)9-11/h2-10H,1H2. The van der Waals surface area contributed by atoms with Crippen LogP contribution in [0.3, 0.4) is 0 Å². The molecule has 0 aliphatic carbocycles. The van der Waals surface area contributed by atoms with Gasteiger partial charge in [-0.25, -0.2) is 0 Å². The fraction of sp³-hybridized carbons (Fsp3) is 0. The van der Waals surface area contributed by atoms with Crippen LogP contribution in [-0.4, -0.2) is 6.29 Å². The summed E-state index contributed by atoms with van der Waals surface area (Å²) < 4.78 is 0. The minimum atomic E-state index is 0.637. The lowest BCUT2D eigenvalue weighted by Crippen LogP contribution is -1.90. The number of rotatable bonds is 3. The first-order valence-electron chi connectivity index (χ1n) is 5.23. The molecular weight excluding hydrogens is 232 g/mol. The first kappa shape index (κ1) is 11.6. The van der Waals surface area contributed by atoms with E-state index in [4.69, 9.17) is 11.6 Å². The molecule has 0 bridgehead atoms. The first-order chi connectivity index (χ1) is 8.26. The summed E-state index contributed by atoms with van der Waals surface area (Å²) in [5, 5.41) is 0.675. The summed E-state index contributed by atoms with van der Waals surface area (Å²) in [5.41, 5.74) is 3.42. The fourth-order valence-electron chi connectivity index (χ4n) is 1.82. The molecule has 2 heteroatoms. The molecule has 0 radical (unpaired) electrons. The molecule has 84 valence electrons. The van der Waals surface area contributed by atoms with E-state index in [2.05, 4.69) is 6.58 Å². The van der Waals surface area contributed by atoms with Gasteiger partial charge in [0.1, 0.15) is 0 Å². The summed E-state index contributed by atoms with van der Waals surface area (Å²) >= 11 is 5.97. The second kappa shape index (κ2) is 4.98. The van der Waals surface area contributed by atoms with Gasteiger partial charge in [0.05, 0.1) is 0 Å². The zero-order valence-corrected chi connectivity index (χ0v) is 9.95. The molecule has 2 aromatic rings. The number of carbonyl (C=O) groups is 1. The maximum absolute atomic E-state index is 11.0. The Morgan fingerprint density at radius 1 is 1.12 bits per heavy atom. The molecule has 1 nitrogen and oxygen atoms in total. The Morgan fingerprint density at radius 3 is 2.53 bits per heavy atom. The van der Waals surface area contributed by atoms with Crippen LogP contribution in [0, 0.1) is 0 Å². The van der Waals surface area contributed by atoms with Crippen LogP contribution in [0.4, 0.5) is 0 Å². The lowest BCUT2D eigenvalue weighted by molar-refractivity contribution is 0.112. The van der Waals surface area contributed by atoms with Gasteiger partial charge in [-0.15, -0.1) is 0 Å². The number of benzene rings is 2. The van der Waals surface area contributed by atoms with Crippen LogP contribution in [0.1, 0.15) is 15.9 Å². The highest BCUT2D eigenvalue weighted by Gasteiger charge is 2.06. The predicted molar refractivity (Wildman–Crippen MR) is 72.4 cm³/mol. The number of halogens is 1. The van der Waals surface area contributed by atoms with Crippen molar-refractivity contribution in [2.24, 2.45) is 0 Å². The molecule has 2 rings (SSSR count). The Balaban J connectivity index is 2.67. The van der Waals surface area contributed by atoms with Gasteiger partial charge in [-0.1, -0.05) is 54.6 Å². The molecule has 0 aliphatic rings. The van der Waals surface area contributed by atoms with Crippen LogP contribution >= 0.6 is 11.6 Å². The normalized spacial score (nSPS) is 9.94. The van der Waals surface area contributed by atoms with Crippen molar-refractivity contribution in [2.75, 3.05) is 0 Å². The third-order valence-electron chi connectivity index (χ3n) is 2.61.